The molecule has 4 aromatic carbocycles. The van der Waals surface area contributed by atoms with Crippen molar-refractivity contribution in [1.82, 2.24) is 0 Å². The van der Waals surface area contributed by atoms with Crippen LogP contribution >= 0.6 is 23.4 Å². The van der Waals surface area contributed by atoms with E-state index in [2.05, 4.69) is 10.0 Å². The van der Waals surface area contributed by atoms with Gasteiger partial charge in [-0.25, -0.2) is 12.8 Å². The van der Waals surface area contributed by atoms with Crippen LogP contribution in [0.5, 0.6) is 5.75 Å². The Labute approximate surface area is 217 Å². The summed E-state index contributed by atoms with van der Waals surface area (Å²) in [6.07, 6.45) is 0. The summed E-state index contributed by atoms with van der Waals surface area (Å²) in [5.41, 5.74) is 0.842. The fourth-order valence-electron chi connectivity index (χ4n) is 3.10. The smallest absolute Gasteiger partial charge is 0.262 e. The number of rotatable bonds is 9. The Bertz CT molecular complexity index is 1470. The van der Waals surface area contributed by atoms with Crippen LogP contribution in [0.3, 0.4) is 0 Å². The molecular formula is C26H20ClFN2O4S2. The lowest BCUT2D eigenvalue weighted by molar-refractivity contribution is -0.118. The SMILES string of the molecule is O=C(COc1ccc(S(=O)(=O)Nc2ccc(F)cc2)cc1Cl)Nc1ccccc1Sc1ccccc1. The predicted molar refractivity (Wildman–Crippen MR) is 140 cm³/mol. The van der Waals surface area contributed by atoms with Crippen LogP contribution in [-0.2, 0) is 14.8 Å². The highest BCUT2D eigenvalue weighted by atomic mass is 35.5. The molecule has 0 radical (unpaired) electrons. The second kappa shape index (κ2) is 11.5. The molecule has 0 unspecified atom stereocenters. The van der Waals surface area contributed by atoms with Crippen LogP contribution in [0.2, 0.25) is 5.02 Å². The molecule has 0 aliphatic carbocycles. The number of anilines is 2. The highest BCUT2D eigenvalue weighted by molar-refractivity contribution is 7.99. The van der Waals surface area contributed by atoms with E-state index in [0.717, 1.165) is 21.9 Å². The van der Waals surface area contributed by atoms with Crippen molar-refractivity contribution in [1.29, 1.82) is 0 Å². The molecule has 0 aliphatic heterocycles. The molecule has 1 amide bonds. The maximum absolute atomic E-state index is 13.1. The van der Waals surface area contributed by atoms with Crippen LogP contribution in [0.4, 0.5) is 15.8 Å². The van der Waals surface area contributed by atoms with Gasteiger partial charge in [-0.15, -0.1) is 0 Å². The number of hydrogen-bond acceptors (Lipinski definition) is 5. The lowest BCUT2D eigenvalue weighted by Crippen LogP contribution is -2.20. The molecule has 0 spiro atoms. The minimum absolute atomic E-state index is 0.0183. The fourth-order valence-corrected chi connectivity index (χ4v) is 5.41. The van der Waals surface area contributed by atoms with E-state index in [1.54, 1.807) is 6.07 Å². The van der Waals surface area contributed by atoms with Crippen molar-refractivity contribution < 1.29 is 22.3 Å². The van der Waals surface area contributed by atoms with Crippen molar-refractivity contribution in [2.45, 2.75) is 14.7 Å². The number of benzene rings is 4. The molecule has 0 fully saturated rings. The molecule has 10 heteroatoms. The average Bonchev–Trinajstić information content (AvgIpc) is 2.86. The first-order chi connectivity index (χ1) is 17.3. The molecule has 36 heavy (non-hydrogen) atoms. The standard InChI is InChI=1S/C26H20ClFN2O4S2/c27-22-16-21(36(32,33)30-19-12-10-18(28)11-13-19)14-15-24(22)34-17-26(31)29-23-8-4-5-9-25(23)35-20-6-2-1-3-7-20/h1-16,30H,17H2,(H,29,31). The zero-order chi connectivity index (χ0) is 25.5. The number of carbonyl (C=O) groups is 1. The Kier molecular flexibility index (Phi) is 8.14. The minimum atomic E-state index is -3.96. The van der Waals surface area contributed by atoms with E-state index in [1.807, 2.05) is 48.5 Å². The molecule has 2 N–H and O–H groups in total. The van der Waals surface area contributed by atoms with E-state index in [4.69, 9.17) is 16.3 Å². The quantitative estimate of drug-likeness (QED) is 0.254. The fraction of sp³-hybridized carbons (Fsp3) is 0.0385. The molecule has 4 rings (SSSR count). The summed E-state index contributed by atoms with van der Waals surface area (Å²) in [5, 5.41) is 2.85. The van der Waals surface area contributed by atoms with Gasteiger partial charge in [-0.05, 0) is 66.7 Å². The Balaban J connectivity index is 1.38. The first-order valence-corrected chi connectivity index (χ1v) is 13.3. The molecule has 184 valence electrons. The highest BCUT2D eigenvalue weighted by Crippen LogP contribution is 2.33. The second-order valence-electron chi connectivity index (χ2n) is 7.45. The van der Waals surface area contributed by atoms with Crippen LogP contribution in [0.15, 0.2) is 112 Å². The summed E-state index contributed by atoms with van der Waals surface area (Å²) in [6, 6.07) is 26.0. The Hall–Kier alpha value is -3.53. The molecule has 0 atom stereocenters. The maximum atomic E-state index is 13.1. The number of hydrogen-bond donors (Lipinski definition) is 2. The van der Waals surface area contributed by atoms with Crippen LogP contribution in [0, 0.1) is 5.82 Å². The third kappa shape index (κ3) is 6.78. The first kappa shape index (κ1) is 25.6. The van der Waals surface area contributed by atoms with Crippen molar-refractivity contribution in [3.05, 3.63) is 108 Å². The van der Waals surface area contributed by atoms with Crippen LogP contribution in [0.25, 0.3) is 0 Å². The zero-order valence-corrected chi connectivity index (χ0v) is 21.0. The average molecular weight is 543 g/mol. The number of amides is 1. The molecule has 0 bridgehead atoms. The van der Waals surface area contributed by atoms with Gasteiger partial charge in [-0.1, -0.05) is 53.7 Å². The highest BCUT2D eigenvalue weighted by Gasteiger charge is 2.17. The van der Waals surface area contributed by atoms with Gasteiger partial charge in [0.15, 0.2) is 6.61 Å². The Morgan fingerprint density at radius 2 is 1.61 bits per heavy atom. The van der Waals surface area contributed by atoms with Gasteiger partial charge in [0.05, 0.1) is 15.6 Å². The van der Waals surface area contributed by atoms with Gasteiger partial charge in [-0.2, -0.15) is 0 Å². The van der Waals surface area contributed by atoms with Crippen molar-refractivity contribution in [2.75, 3.05) is 16.6 Å². The lowest BCUT2D eigenvalue weighted by atomic mass is 10.3. The number of nitrogens with one attached hydrogen (secondary N) is 2. The van der Waals surface area contributed by atoms with Crippen molar-refractivity contribution in [3.63, 3.8) is 0 Å². The van der Waals surface area contributed by atoms with Gasteiger partial charge in [0.2, 0.25) is 0 Å². The Morgan fingerprint density at radius 1 is 0.917 bits per heavy atom. The third-order valence-corrected chi connectivity index (χ3v) is 7.56. The third-order valence-electron chi connectivity index (χ3n) is 4.80. The molecule has 6 nitrogen and oxygen atoms in total. The number of para-hydroxylation sites is 1. The van der Waals surface area contributed by atoms with E-state index in [1.165, 1.54) is 42.1 Å². The van der Waals surface area contributed by atoms with Crippen LogP contribution < -0.4 is 14.8 Å². The first-order valence-electron chi connectivity index (χ1n) is 10.6. The normalized spacial score (nSPS) is 11.1. The molecule has 0 aromatic heterocycles. The minimum Gasteiger partial charge on any atom is -0.482 e. The number of ether oxygens (including phenoxy) is 1. The number of carbonyl (C=O) groups excluding carboxylic acids is 1. The van der Waals surface area contributed by atoms with E-state index >= 15 is 0 Å². The summed E-state index contributed by atoms with van der Waals surface area (Å²) in [4.78, 5) is 14.3. The van der Waals surface area contributed by atoms with E-state index in [-0.39, 0.29) is 28.0 Å². The topological polar surface area (TPSA) is 84.5 Å². The predicted octanol–water partition coefficient (Wildman–Crippen LogP) is 6.45. The van der Waals surface area contributed by atoms with E-state index < -0.39 is 21.7 Å². The largest absolute Gasteiger partial charge is 0.482 e. The van der Waals surface area contributed by atoms with Crippen molar-refractivity contribution in [3.8, 4) is 5.75 Å². The van der Waals surface area contributed by atoms with Crippen molar-refractivity contribution >= 4 is 50.7 Å². The van der Waals surface area contributed by atoms with Gasteiger partial charge in [0.25, 0.3) is 15.9 Å². The van der Waals surface area contributed by atoms with Gasteiger partial charge >= 0.3 is 0 Å². The van der Waals surface area contributed by atoms with E-state index in [0.29, 0.717) is 5.69 Å². The summed E-state index contributed by atoms with van der Waals surface area (Å²) < 4.78 is 46.2. The summed E-state index contributed by atoms with van der Waals surface area (Å²) >= 11 is 7.74. The van der Waals surface area contributed by atoms with Crippen LogP contribution in [0.1, 0.15) is 0 Å². The number of halogens is 2. The van der Waals surface area contributed by atoms with Gasteiger partial charge in [-0.3, -0.25) is 9.52 Å². The molecule has 0 heterocycles. The molecular weight excluding hydrogens is 523 g/mol. The molecule has 0 saturated carbocycles. The molecule has 4 aromatic rings. The van der Waals surface area contributed by atoms with Gasteiger partial charge < -0.3 is 10.1 Å². The van der Waals surface area contributed by atoms with Crippen molar-refractivity contribution in [2.24, 2.45) is 0 Å². The second-order valence-corrected chi connectivity index (χ2v) is 10.7. The summed E-state index contributed by atoms with van der Waals surface area (Å²) in [7, 11) is -3.96. The van der Waals surface area contributed by atoms with Gasteiger partial charge in [0, 0.05) is 15.5 Å². The zero-order valence-electron chi connectivity index (χ0n) is 18.7. The van der Waals surface area contributed by atoms with E-state index in [9.17, 15) is 17.6 Å². The monoisotopic (exact) mass is 542 g/mol. The van der Waals surface area contributed by atoms with Crippen LogP contribution in [-0.4, -0.2) is 20.9 Å². The summed E-state index contributed by atoms with van der Waals surface area (Å²) in [5.74, 6) is -0.730. The number of sulfonamides is 1. The maximum Gasteiger partial charge on any atom is 0.262 e. The lowest BCUT2D eigenvalue weighted by Gasteiger charge is -2.13. The summed E-state index contributed by atoms with van der Waals surface area (Å²) in [6.45, 7) is -0.329. The Morgan fingerprint density at radius 3 is 2.33 bits per heavy atom. The molecule has 0 aliphatic rings. The van der Waals surface area contributed by atoms with Gasteiger partial charge in [0.1, 0.15) is 11.6 Å². The molecule has 0 saturated heterocycles.